The Morgan fingerprint density at radius 2 is 2.00 bits per heavy atom. The summed E-state index contributed by atoms with van der Waals surface area (Å²) in [6.07, 6.45) is 3.52. The van der Waals surface area contributed by atoms with Gasteiger partial charge in [0, 0.05) is 24.4 Å². The quantitative estimate of drug-likeness (QED) is 0.848. The normalized spacial score (nSPS) is 14.4. The van der Waals surface area contributed by atoms with E-state index in [0.717, 1.165) is 35.5 Å². The maximum atomic E-state index is 5.84. The zero-order valence-electron chi connectivity index (χ0n) is 12.7. The molecule has 0 amide bonds. The maximum absolute atomic E-state index is 5.84. The maximum Gasteiger partial charge on any atom is 0.119 e. The number of benzene rings is 1. The molecular formula is C17H22N2OS. The first-order valence-corrected chi connectivity index (χ1v) is 8.45. The summed E-state index contributed by atoms with van der Waals surface area (Å²) in [5, 5.41) is 6.81. The predicted octanol–water partition coefficient (Wildman–Crippen LogP) is 3.63. The minimum Gasteiger partial charge on any atom is -0.493 e. The van der Waals surface area contributed by atoms with Gasteiger partial charge in [-0.15, -0.1) is 11.3 Å². The minimum absolute atomic E-state index is 0.686. The molecule has 3 nitrogen and oxygen atoms in total. The molecule has 112 valence electrons. The number of hydrogen-bond donors (Lipinski definition) is 1. The van der Waals surface area contributed by atoms with E-state index >= 15 is 0 Å². The van der Waals surface area contributed by atoms with Gasteiger partial charge in [-0.25, -0.2) is 4.98 Å². The van der Waals surface area contributed by atoms with Crippen molar-refractivity contribution in [1.82, 2.24) is 10.3 Å². The van der Waals surface area contributed by atoms with Gasteiger partial charge < -0.3 is 10.1 Å². The lowest BCUT2D eigenvalue weighted by molar-refractivity contribution is 0.321. The third-order valence-electron chi connectivity index (χ3n) is 3.53. The average Bonchev–Trinajstić information content (AvgIpc) is 3.15. The van der Waals surface area contributed by atoms with E-state index in [-0.39, 0.29) is 0 Å². The fraction of sp³-hybridized carbons (Fsp3) is 0.471. The summed E-state index contributed by atoms with van der Waals surface area (Å²) in [7, 11) is 0. The van der Waals surface area contributed by atoms with Gasteiger partial charge in [-0.05, 0) is 49.9 Å². The van der Waals surface area contributed by atoms with Crippen LogP contribution in [0.4, 0.5) is 0 Å². The Kier molecular flexibility index (Phi) is 4.56. The molecule has 1 saturated carbocycles. The minimum atomic E-state index is 0.686. The van der Waals surface area contributed by atoms with Crippen LogP contribution in [-0.2, 0) is 13.0 Å². The number of thiazole rings is 1. The molecule has 0 spiro atoms. The third-order valence-corrected chi connectivity index (χ3v) is 4.49. The molecule has 1 aromatic heterocycles. The van der Waals surface area contributed by atoms with Crippen LogP contribution in [0.2, 0.25) is 0 Å². The van der Waals surface area contributed by atoms with Crippen molar-refractivity contribution < 1.29 is 4.74 Å². The van der Waals surface area contributed by atoms with E-state index < -0.39 is 0 Å². The fourth-order valence-corrected chi connectivity index (χ4v) is 3.13. The van der Waals surface area contributed by atoms with E-state index in [1.54, 1.807) is 11.3 Å². The second-order valence-electron chi connectivity index (χ2n) is 5.81. The highest BCUT2D eigenvalue weighted by atomic mass is 32.1. The van der Waals surface area contributed by atoms with Crippen molar-refractivity contribution in [2.75, 3.05) is 6.61 Å². The number of ether oxygens (including phenoxy) is 1. The number of nitrogens with one attached hydrogen (secondary N) is 1. The van der Waals surface area contributed by atoms with Crippen LogP contribution in [0.25, 0.3) is 0 Å². The molecule has 4 heteroatoms. The predicted molar refractivity (Wildman–Crippen MR) is 87.1 cm³/mol. The van der Waals surface area contributed by atoms with E-state index in [9.17, 15) is 0 Å². The molecule has 1 heterocycles. The van der Waals surface area contributed by atoms with Crippen molar-refractivity contribution >= 4 is 11.3 Å². The molecule has 1 aliphatic carbocycles. The van der Waals surface area contributed by atoms with Crippen molar-refractivity contribution in [2.24, 2.45) is 0 Å². The summed E-state index contributed by atoms with van der Waals surface area (Å²) in [5.41, 5.74) is 3.65. The van der Waals surface area contributed by atoms with Crippen LogP contribution >= 0.6 is 11.3 Å². The van der Waals surface area contributed by atoms with Gasteiger partial charge in [-0.1, -0.05) is 6.07 Å². The second-order valence-corrected chi connectivity index (χ2v) is 6.75. The topological polar surface area (TPSA) is 34.1 Å². The van der Waals surface area contributed by atoms with Gasteiger partial charge in [-0.3, -0.25) is 0 Å². The zero-order chi connectivity index (χ0) is 14.7. The molecule has 0 saturated heterocycles. The van der Waals surface area contributed by atoms with Gasteiger partial charge in [0.05, 0.1) is 17.3 Å². The Labute approximate surface area is 130 Å². The van der Waals surface area contributed by atoms with Crippen LogP contribution in [0.5, 0.6) is 5.75 Å². The molecule has 0 unspecified atom stereocenters. The summed E-state index contributed by atoms with van der Waals surface area (Å²) >= 11 is 1.73. The zero-order valence-corrected chi connectivity index (χ0v) is 13.5. The van der Waals surface area contributed by atoms with Gasteiger partial charge in [0.2, 0.25) is 0 Å². The lowest BCUT2D eigenvalue weighted by Crippen LogP contribution is -2.15. The highest BCUT2D eigenvalue weighted by Crippen LogP contribution is 2.20. The van der Waals surface area contributed by atoms with E-state index in [1.165, 1.54) is 24.0 Å². The van der Waals surface area contributed by atoms with Crippen LogP contribution < -0.4 is 10.1 Å². The van der Waals surface area contributed by atoms with Crippen LogP contribution in [0.15, 0.2) is 23.6 Å². The standard InChI is InChI=1S/C17H22N2OS/c1-12-7-13(2)9-16(8-12)20-6-5-17-19-15(11-21-17)10-18-14-3-4-14/h7-9,11,14,18H,3-6,10H2,1-2H3. The van der Waals surface area contributed by atoms with Crippen LogP contribution in [0, 0.1) is 13.8 Å². The fourth-order valence-electron chi connectivity index (χ4n) is 2.35. The summed E-state index contributed by atoms with van der Waals surface area (Å²) in [5.74, 6) is 0.958. The molecule has 21 heavy (non-hydrogen) atoms. The summed E-state index contributed by atoms with van der Waals surface area (Å²) < 4.78 is 5.84. The largest absolute Gasteiger partial charge is 0.493 e. The Morgan fingerprint density at radius 1 is 1.24 bits per heavy atom. The van der Waals surface area contributed by atoms with Crippen molar-refractivity contribution in [3.05, 3.63) is 45.4 Å². The number of aromatic nitrogens is 1. The summed E-state index contributed by atoms with van der Waals surface area (Å²) in [6.45, 7) is 5.78. The molecule has 0 radical (unpaired) electrons. The Hall–Kier alpha value is -1.39. The van der Waals surface area contributed by atoms with Crippen molar-refractivity contribution in [3.63, 3.8) is 0 Å². The first-order chi connectivity index (χ1) is 10.2. The molecule has 1 fully saturated rings. The van der Waals surface area contributed by atoms with E-state index in [2.05, 4.69) is 47.7 Å². The number of rotatable bonds is 7. The monoisotopic (exact) mass is 302 g/mol. The van der Waals surface area contributed by atoms with Gasteiger partial charge in [0.15, 0.2) is 0 Å². The SMILES string of the molecule is Cc1cc(C)cc(OCCc2nc(CNC3CC3)cs2)c1. The Morgan fingerprint density at radius 3 is 2.71 bits per heavy atom. The van der Waals surface area contributed by atoms with Gasteiger partial charge >= 0.3 is 0 Å². The smallest absolute Gasteiger partial charge is 0.119 e. The molecule has 0 atom stereocenters. The van der Waals surface area contributed by atoms with E-state index in [1.807, 2.05) is 0 Å². The van der Waals surface area contributed by atoms with E-state index in [0.29, 0.717) is 6.61 Å². The third kappa shape index (κ3) is 4.55. The molecule has 0 aliphatic heterocycles. The molecule has 2 aromatic rings. The molecule has 3 rings (SSSR count). The first kappa shape index (κ1) is 14.5. The van der Waals surface area contributed by atoms with Crippen LogP contribution in [-0.4, -0.2) is 17.6 Å². The van der Waals surface area contributed by atoms with Crippen molar-refractivity contribution in [1.29, 1.82) is 0 Å². The Bertz CT molecular complexity index is 584. The number of nitrogens with zero attached hydrogens (tertiary/aromatic N) is 1. The van der Waals surface area contributed by atoms with Gasteiger partial charge in [-0.2, -0.15) is 0 Å². The summed E-state index contributed by atoms with van der Waals surface area (Å²) in [4.78, 5) is 4.65. The highest BCUT2D eigenvalue weighted by Gasteiger charge is 2.20. The number of aryl methyl sites for hydroxylation is 2. The second kappa shape index (κ2) is 6.58. The average molecular weight is 302 g/mol. The molecule has 0 bridgehead atoms. The number of hydrogen-bond acceptors (Lipinski definition) is 4. The molecule has 1 N–H and O–H groups in total. The van der Waals surface area contributed by atoms with E-state index in [4.69, 9.17) is 4.74 Å². The van der Waals surface area contributed by atoms with Gasteiger partial charge in [0.1, 0.15) is 5.75 Å². The summed E-state index contributed by atoms with van der Waals surface area (Å²) in [6, 6.07) is 7.06. The Balaban J connectivity index is 1.46. The van der Waals surface area contributed by atoms with Crippen LogP contribution in [0.1, 0.15) is 34.7 Å². The van der Waals surface area contributed by atoms with Crippen molar-refractivity contribution in [2.45, 2.75) is 45.7 Å². The molecular weight excluding hydrogens is 280 g/mol. The van der Waals surface area contributed by atoms with Gasteiger partial charge in [0.25, 0.3) is 0 Å². The van der Waals surface area contributed by atoms with Crippen molar-refractivity contribution in [3.8, 4) is 5.75 Å². The van der Waals surface area contributed by atoms with Crippen LogP contribution in [0.3, 0.4) is 0 Å². The lowest BCUT2D eigenvalue weighted by Gasteiger charge is -2.07. The molecule has 1 aromatic carbocycles. The lowest BCUT2D eigenvalue weighted by atomic mass is 10.1. The first-order valence-electron chi connectivity index (χ1n) is 7.57. The molecule has 1 aliphatic rings. The highest BCUT2D eigenvalue weighted by molar-refractivity contribution is 7.09.